The summed E-state index contributed by atoms with van der Waals surface area (Å²) in [5, 5.41) is 12.8. The minimum absolute atomic E-state index is 0.309. The van der Waals surface area contributed by atoms with Crippen LogP contribution in [0.25, 0.3) is 22.0 Å². The van der Waals surface area contributed by atoms with Gasteiger partial charge in [-0.05, 0) is 71.7 Å². The van der Waals surface area contributed by atoms with Gasteiger partial charge < -0.3 is 5.11 Å². The highest BCUT2D eigenvalue weighted by Gasteiger charge is 2.33. The zero-order valence-electron chi connectivity index (χ0n) is 17.7. The number of aromatic hydroxyl groups is 1. The van der Waals surface area contributed by atoms with Crippen LogP contribution in [0, 0.1) is 5.41 Å². The Kier molecular flexibility index (Phi) is 6.18. The molecule has 152 valence electrons. The summed E-state index contributed by atoms with van der Waals surface area (Å²) in [5.74, 6) is 0.309. The maximum Gasteiger partial charge on any atom is 0.125 e. The lowest BCUT2D eigenvalue weighted by atomic mass is 9.76. The Hall–Kier alpha value is -2.35. The summed E-state index contributed by atoms with van der Waals surface area (Å²) in [4.78, 5) is 4.60. The van der Waals surface area contributed by atoms with Gasteiger partial charge in [0.05, 0.1) is 5.69 Å². The Bertz CT molecular complexity index is 956. The number of nitrogens with zero attached hydrogens (tertiary/aromatic N) is 1. The molecule has 0 atom stereocenters. The van der Waals surface area contributed by atoms with Crippen molar-refractivity contribution in [2.24, 2.45) is 5.41 Å². The normalized spacial score (nSPS) is 15.8. The third-order valence-electron chi connectivity index (χ3n) is 6.77. The van der Waals surface area contributed by atoms with Crippen molar-refractivity contribution in [3.8, 4) is 17.0 Å². The van der Waals surface area contributed by atoms with Crippen LogP contribution < -0.4 is 0 Å². The molecule has 1 N–H and O–H groups in total. The van der Waals surface area contributed by atoms with Crippen molar-refractivity contribution in [1.29, 1.82) is 0 Å². The fraction of sp³-hybridized carbons (Fsp3) is 0.444. The molecule has 3 aromatic rings. The van der Waals surface area contributed by atoms with E-state index in [0.29, 0.717) is 11.2 Å². The second-order valence-corrected chi connectivity index (χ2v) is 8.96. The van der Waals surface area contributed by atoms with Crippen LogP contribution in [0.4, 0.5) is 0 Å². The third-order valence-corrected chi connectivity index (χ3v) is 6.77. The van der Waals surface area contributed by atoms with E-state index >= 15 is 0 Å². The Morgan fingerprint density at radius 1 is 0.931 bits per heavy atom. The lowest BCUT2D eigenvalue weighted by Gasteiger charge is -2.29. The number of unbranched alkanes of at least 4 members (excludes halogenated alkanes) is 3. The number of hydrogen-bond acceptors (Lipinski definition) is 2. The van der Waals surface area contributed by atoms with E-state index in [0.717, 1.165) is 28.5 Å². The summed E-state index contributed by atoms with van der Waals surface area (Å²) >= 11 is 0. The van der Waals surface area contributed by atoms with E-state index in [1.807, 2.05) is 30.5 Å². The maximum atomic E-state index is 10.6. The van der Waals surface area contributed by atoms with E-state index in [4.69, 9.17) is 0 Å². The van der Waals surface area contributed by atoms with Gasteiger partial charge in [0.15, 0.2) is 0 Å². The number of phenols is 1. The monoisotopic (exact) mass is 387 g/mol. The highest BCUT2D eigenvalue weighted by molar-refractivity contribution is 5.89. The first-order chi connectivity index (χ1) is 14.2. The molecular formula is C27H33NO. The van der Waals surface area contributed by atoms with Gasteiger partial charge in [0.25, 0.3) is 0 Å². The zero-order chi connectivity index (χ0) is 20.1. The van der Waals surface area contributed by atoms with Crippen molar-refractivity contribution in [2.45, 2.75) is 71.1 Å². The molecule has 0 radical (unpaired) electrons. The predicted molar refractivity (Wildman–Crippen MR) is 122 cm³/mol. The predicted octanol–water partition coefficient (Wildman–Crippen LogP) is 7.68. The van der Waals surface area contributed by atoms with E-state index in [9.17, 15) is 5.11 Å². The van der Waals surface area contributed by atoms with Crippen LogP contribution in [0.1, 0.15) is 70.3 Å². The Balaban J connectivity index is 1.57. The molecule has 2 heteroatoms. The van der Waals surface area contributed by atoms with Crippen LogP contribution in [0.3, 0.4) is 0 Å². The van der Waals surface area contributed by atoms with Gasteiger partial charge in [0.2, 0.25) is 0 Å². The standard InChI is InChI=1S/C27H33NO/c1-2-3-4-7-13-27(14-8-9-15-27)20-21-12-16-28-25(17-21)24-18-22-10-5-6-11-23(22)19-26(24)29/h5-6,10-12,16-19,29H,2-4,7-9,13-15,20H2,1H3. The number of hydrogen-bond donors (Lipinski definition) is 1. The number of fused-ring (bicyclic) bond motifs is 1. The van der Waals surface area contributed by atoms with Gasteiger partial charge in [-0.25, -0.2) is 0 Å². The van der Waals surface area contributed by atoms with E-state index in [1.54, 1.807) is 0 Å². The number of phenolic OH excluding ortho intramolecular Hbond substituents is 1. The van der Waals surface area contributed by atoms with Gasteiger partial charge in [0, 0.05) is 11.8 Å². The van der Waals surface area contributed by atoms with Crippen molar-refractivity contribution in [3.05, 3.63) is 60.3 Å². The number of rotatable bonds is 8. The second kappa shape index (κ2) is 8.98. The lowest BCUT2D eigenvalue weighted by Crippen LogP contribution is -2.19. The van der Waals surface area contributed by atoms with Gasteiger partial charge >= 0.3 is 0 Å². The van der Waals surface area contributed by atoms with Crippen molar-refractivity contribution in [2.75, 3.05) is 0 Å². The molecule has 0 saturated heterocycles. The molecule has 29 heavy (non-hydrogen) atoms. The molecule has 1 aliphatic rings. The number of pyridine rings is 1. The molecule has 2 aromatic carbocycles. The third kappa shape index (κ3) is 4.63. The van der Waals surface area contributed by atoms with Crippen molar-refractivity contribution < 1.29 is 5.11 Å². The Morgan fingerprint density at radius 3 is 2.45 bits per heavy atom. The van der Waals surface area contributed by atoms with Crippen molar-refractivity contribution in [1.82, 2.24) is 4.98 Å². The maximum absolute atomic E-state index is 10.6. The topological polar surface area (TPSA) is 33.1 Å². The van der Waals surface area contributed by atoms with Gasteiger partial charge in [-0.3, -0.25) is 4.98 Å². The highest BCUT2D eigenvalue weighted by Crippen LogP contribution is 2.45. The fourth-order valence-electron chi connectivity index (χ4n) is 5.16. The summed E-state index contributed by atoms with van der Waals surface area (Å²) in [6.07, 6.45) is 15.3. The van der Waals surface area contributed by atoms with Gasteiger partial charge in [-0.2, -0.15) is 0 Å². The van der Waals surface area contributed by atoms with Crippen LogP contribution in [0.15, 0.2) is 54.7 Å². The van der Waals surface area contributed by atoms with E-state index in [1.165, 1.54) is 63.4 Å². The van der Waals surface area contributed by atoms with Crippen LogP contribution in [-0.4, -0.2) is 10.1 Å². The quantitative estimate of drug-likeness (QED) is 0.402. The van der Waals surface area contributed by atoms with Crippen LogP contribution in [0.5, 0.6) is 5.75 Å². The van der Waals surface area contributed by atoms with E-state index in [2.05, 4.69) is 36.2 Å². The summed E-state index contributed by atoms with van der Waals surface area (Å²) in [6, 6.07) is 16.5. The minimum atomic E-state index is 0.309. The van der Waals surface area contributed by atoms with Gasteiger partial charge in [-0.1, -0.05) is 69.7 Å². The summed E-state index contributed by atoms with van der Waals surface area (Å²) in [6.45, 7) is 2.28. The fourth-order valence-corrected chi connectivity index (χ4v) is 5.16. The summed E-state index contributed by atoms with van der Waals surface area (Å²) in [5.41, 5.74) is 3.54. The molecule has 2 nitrogen and oxygen atoms in total. The van der Waals surface area contributed by atoms with E-state index < -0.39 is 0 Å². The zero-order valence-corrected chi connectivity index (χ0v) is 17.7. The van der Waals surface area contributed by atoms with Crippen LogP contribution in [-0.2, 0) is 6.42 Å². The van der Waals surface area contributed by atoms with Crippen molar-refractivity contribution >= 4 is 10.8 Å². The Morgan fingerprint density at radius 2 is 1.69 bits per heavy atom. The molecule has 0 bridgehead atoms. The van der Waals surface area contributed by atoms with E-state index in [-0.39, 0.29) is 0 Å². The number of benzene rings is 2. The summed E-state index contributed by atoms with van der Waals surface area (Å²) < 4.78 is 0. The molecule has 0 unspecified atom stereocenters. The SMILES string of the molecule is CCCCCCC1(Cc2ccnc(-c3cc4ccccc4cc3O)c2)CCCC1. The summed E-state index contributed by atoms with van der Waals surface area (Å²) in [7, 11) is 0. The average molecular weight is 388 g/mol. The molecule has 1 heterocycles. The largest absolute Gasteiger partial charge is 0.507 e. The van der Waals surface area contributed by atoms with Crippen LogP contribution in [0.2, 0.25) is 0 Å². The molecular weight excluding hydrogens is 354 g/mol. The molecule has 0 spiro atoms. The second-order valence-electron chi connectivity index (χ2n) is 8.96. The molecule has 0 aliphatic heterocycles. The number of aromatic nitrogens is 1. The van der Waals surface area contributed by atoms with Gasteiger partial charge in [-0.15, -0.1) is 0 Å². The average Bonchev–Trinajstić information content (AvgIpc) is 3.19. The molecule has 1 saturated carbocycles. The molecule has 0 amide bonds. The lowest BCUT2D eigenvalue weighted by molar-refractivity contribution is 0.258. The van der Waals surface area contributed by atoms with Crippen LogP contribution >= 0.6 is 0 Å². The van der Waals surface area contributed by atoms with Crippen molar-refractivity contribution in [3.63, 3.8) is 0 Å². The minimum Gasteiger partial charge on any atom is -0.507 e. The smallest absolute Gasteiger partial charge is 0.125 e. The first kappa shape index (κ1) is 19.9. The molecule has 1 aliphatic carbocycles. The van der Waals surface area contributed by atoms with Gasteiger partial charge in [0.1, 0.15) is 5.75 Å². The molecule has 4 rings (SSSR count). The molecule has 1 aromatic heterocycles. The first-order valence-corrected chi connectivity index (χ1v) is 11.4. The Labute approximate surface area is 175 Å². The highest BCUT2D eigenvalue weighted by atomic mass is 16.3. The first-order valence-electron chi connectivity index (χ1n) is 11.4. The molecule has 1 fully saturated rings.